The van der Waals surface area contributed by atoms with Crippen LogP contribution >= 0.6 is 0 Å². The topological polar surface area (TPSA) is 17.1 Å². The van der Waals surface area contributed by atoms with Crippen LogP contribution in [0.2, 0.25) is 0 Å². The van der Waals surface area contributed by atoms with Crippen molar-refractivity contribution in [3.8, 4) is 0 Å². The minimum Gasteiger partial charge on any atom is -0.299 e. The Morgan fingerprint density at radius 2 is 2.30 bits per heavy atom. The monoisotopic (exact) mass is 138 g/mol. The Labute approximate surface area is 62.4 Å². The normalized spacial score (nSPS) is 14.4. The van der Waals surface area contributed by atoms with Crippen molar-refractivity contribution in [3.63, 3.8) is 0 Å². The van der Waals surface area contributed by atoms with Crippen LogP contribution in [-0.2, 0) is 4.79 Å². The third kappa shape index (κ3) is 4.07. The molecule has 0 aromatic carbocycles. The van der Waals surface area contributed by atoms with Crippen molar-refractivity contribution in [3.05, 3.63) is 24.3 Å². The van der Waals surface area contributed by atoms with Crippen LogP contribution in [0.3, 0.4) is 0 Å². The standard InChI is InChI=1S/C9H14O/c1-4-8(2)7-9(3)5-6-10/h4-6,8H,1,7H2,2-3H3/b9-5+. The lowest BCUT2D eigenvalue weighted by atomic mass is 10.0. The van der Waals surface area contributed by atoms with E-state index in [0.29, 0.717) is 5.92 Å². The average Bonchev–Trinajstić information content (AvgIpc) is 1.88. The van der Waals surface area contributed by atoms with Crippen molar-refractivity contribution in [2.75, 3.05) is 0 Å². The molecule has 0 aromatic heterocycles. The molecule has 0 radical (unpaired) electrons. The first-order valence-electron chi connectivity index (χ1n) is 3.44. The lowest BCUT2D eigenvalue weighted by Crippen LogP contribution is -1.89. The molecule has 0 aliphatic heterocycles. The minimum atomic E-state index is 0.469. The van der Waals surface area contributed by atoms with Crippen LogP contribution < -0.4 is 0 Å². The van der Waals surface area contributed by atoms with Crippen LogP contribution in [-0.4, -0.2) is 6.29 Å². The van der Waals surface area contributed by atoms with Gasteiger partial charge in [-0.2, -0.15) is 0 Å². The molecule has 0 fully saturated rings. The summed E-state index contributed by atoms with van der Waals surface area (Å²) < 4.78 is 0. The third-order valence-corrected chi connectivity index (χ3v) is 1.40. The molecule has 1 unspecified atom stereocenters. The molecule has 1 atom stereocenters. The molecular formula is C9H14O. The second kappa shape index (κ2) is 4.98. The van der Waals surface area contributed by atoms with Gasteiger partial charge >= 0.3 is 0 Å². The van der Waals surface area contributed by atoms with Crippen molar-refractivity contribution < 1.29 is 4.79 Å². The van der Waals surface area contributed by atoms with Gasteiger partial charge in [-0.05, 0) is 25.3 Å². The van der Waals surface area contributed by atoms with E-state index in [0.717, 1.165) is 18.3 Å². The van der Waals surface area contributed by atoms with E-state index in [4.69, 9.17) is 0 Å². The minimum absolute atomic E-state index is 0.469. The highest BCUT2D eigenvalue weighted by atomic mass is 16.1. The summed E-state index contributed by atoms with van der Waals surface area (Å²) in [6.07, 6.45) is 5.25. The number of hydrogen-bond donors (Lipinski definition) is 0. The second-order valence-corrected chi connectivity index (χ2v) is 2.57. The van der Waals surface area contributed by atoms with Gasteiger partial charge in [0.15, 0.2) is 0 Å². The maximum atomic E-state index is 9.98. The van der Waals surface area contributed by atoms with E-state index in [1.807, 2.05) is 13.0 Å². The van der Waals surface area contributed by atoms with E-state index in [2.05, 4.69) is 13.5 Å². The average molecular weight is 138 g/mol. The third-order valence-electron chi connectivity index (χ3n) is 1.40. The Morgan fingerprint density at radius 1 is 1.70 bits per heavy atom. The summed E-state index contributed by atoms with van der Waals surface area (Å²) in [7, 11) is 0. The zero-order valence-corrected chi connectivity index (χ0v) is 6.63. The SMILES string of the molecule is C=CC(C)C/C(C)=C/C=O. The zero-order chi connectivity index (χ0) is 7.98. The van der Waals surface area contributed by atoms with Crippen molar-refractivity contribution in [1.82, 2.24) is 0 Å². The Hall–Kier alpha value is -0.850. The molecule has 0 bridgehead atoms. The first-order chi connectivity index (χ1) is 4.70. The second-order valence-electron chi connectivity index (χ2n) is 2.57. The number of carbonyl (C=O) groups excluding carboxylic acids is 1. The van der Waals surface area contributed by atoms with Gasteiger partial charge in [0.1, 0.15) is 6.29 Å². The summed E-state index contributed by atoms with van der Waals surface area (Å²) in [4.78, 5) is 9.98. The highest BCUT2D eigenvalue weighted by molar-refractivity contribution is 5.65. The van der Waals surface area contributed by atoms with Crippen LogP contribution in [0.1, 0.15) is 20.3 Å². The van der Waals surface area contributed by atoms with E-state index in [1.54, 1.807) is 6.08 Å². The Morgan fingerprint density at radius 3 is 2.70 bits per heavy atom. The lowest BCUT2D eigenvalue weighted by Gasteiger charge is -2.03. The molecule has 10 heavy (non-hydrogen) atoms. The van der Waals surface area contributed by atoms with E-state index in [9.17, 15) is 4.79 Å². The van der Waals surface area contributed by atoms with E-state index in [-0.39, 0.29) is 0 Å². The smallest absolute Gasteiger partial charge is 0.142 e. The first kappa shape index (κ1) is 9.15. The summed E-state index contributed by atoms with van der Waals surface area (Å²) in [5, 5.41) is 0. The fourth-order valence-corrected chi connectivity index (χ4v) is 0.775. The molecule has 0 aliphatic carbocycles. The Bertz CT molecular complexity index is 145. The fraction of sp³-hybridized carbons (Fsp3) is 0.444. The molecule has 0 heterocycles. The molecule has 0 spiro atoms. The van der Waals surface area contributed by atoms with Gasteiger partial charge < -0.3 is 0 Å². The molecule has 0 aromatic rings. The van der Waals surface area contributed by atoms with Gasteiger partial charge in [-0.15, -0.1) is 6.58 Å². The van der Waals surface area contributed by atoms with Crippen LogP contribution in [0.25, 0.3) is 0 Å². The Balaban J connectivity index is 3.77. The number of aldehydes is 1. The molecule has 0 rings (SSSR count). The lowest BCUT2D eigenvalue weighted by molar-refractivity contribution is -0.104. The fourth-order valence-electron chi connectivity index (χ4n) is 0.775. The maximum Gasteiger partial charge on any atom is 0.142 e. The molecular weight excluding hydrogens is 124 g/mol. The van der Waals surface area contributed by atoms with Crippen LogP contribution in [0.5, 0.6) is 0 Å². The molecule has 0 N–H and O–H groups in total. The highest BCUT2D eigenvalue weighted by Gasteiger charge is 1.95. The quantitative estimate of drug-likeness (QED) is 0.331. The van der Waals surface area contributed by atoms with Gasteiger partial charge in [-0.25, -0.2) is 0 Å². The van der Waals surface area contributed by atoms with Crippen LogP contribution in [0.15, 0.2) is 24.3 Å². The van der Waals surface area contributed by atoms with Gasteiger partial charge in [0.25, 0.3) is 0 Å². The summed E-state index contributed by atoms with van der Waals surface area (Å²) in [5.41, 5.74) is 1.11. The first-order valence-corrected chi connectivity index (χ1v) is 3.44. The molecule has 1 heteroatoms. The van der Waals surface area contributed by atoms with Gasteiger partial charge in [-0.1, -0.05) is 18.6 Å². The Kier molecular flexibility index (Phi) is 4.55. The van der Waals surface area contributed by atoms with Gasteiger partial charge in [0.2, 0.25) is 0 Å². The summed E-state index contributed by atoms with van der Waals surface area (Å²) in [6.45, 7) is 7.69. The van der Waals surface area contributed by atoms with Gasteiger partial charge in [-0.3, -0.25) is 4.79 Å². The van der Waals surface area contributed by atoms with Gasteiger partial charge in [0, 0.05) is 0 Å². The van der Waals surface area contributed by atoms with E-state index >= 15 is 0 Å². The van der Waals surface area contributed by atoms with Crippen LogP contribution in [0.4, 0.5) is 0 Å². The molecule has 0 amide bonds. The van der Waals surface area contributed by atoms with E-state index in [1.165, 1.54) is 0 Å². The van der Waals surface area contributed by atoms with Crippen molar-refractivity contribution in [2.45, 2.75) is 20.3 Å². The van der Waals surface area contributed by atoms with Crippen molar-refractivity contribution in [1.29, 1.82) is 0 Å². The largest absolute Gasteiger partial charge is 0.299 e. The summed E-state index contributed by atoms with van der Waals surface area (Å²) in [6, 6.07) is 0. The number of allylic oxidation sites excluding steroid dienone is 3. The predicted octanol–water partition coefficient (Wildman–Crippen LogP) is 2.34. The highest BCUT2D eigenvalue weighted by Crippen LogP contribution is 2.09. The molecule has 0 aliphatic rings. The molecule has 0 saturated carbocycles. The van der Waals surface area contributed by atoms with Crippen molar-refractivity contribution >= 4 is 6.29 Å². The zero-order valence-electron chi connectivity index (χ0n) is 6.63. The maximum absolute atomic E-state index is 9.98. The van der Waals surface area contributed by atoms with Crippen LogP contribution in [0, 0.1) is 5.92 Å². The van der Waals surface area contributed by atoms with Crippen molar-refractivity contribution in [2.24, 2.45) is 5.92 Å². The number of hydrogen-bond acceptors (Lipinski definition) is 1. The molecule has 56 valence electrons. The number of rotatable bonds is 4. The van der Waals surface area contributed by atoms with E-state index < -0.39 is 0 Å². The van der Waals surface area contributed by atoms with Gasteiger partial charge in [0.05, 0.1) is 0 Å². The number of carbonyl (C=O) groups is 1. The predicted molar refractivity (Wildman–Crippen MR) is 43.8 cm³/mol. The molecule has 1 nitrogen and oxygen atoms in total. The summed E-state index contributed by atoms with van der Waals surface area (Å²) in [5.74, 6) is 0.469. The summed E-state index contributed by atoms with van der Waals surface area (Å²) >= 11 is 0. The molecule has 0 saturated heterocycles.